The number of benzene rings is 1. The van der Waals surface area contributed by atoms with Gasteiger partial charge in [0.15, 0.2) is 0 Å². The van der Waals surface area contributed by atoms with Gasteiger partial charge in [0.2, 0.25) is 5.91 Å². The molecule has 1 N–H and O–H groups in total. The first kappa shape index (κ1) is 15.0. The van der Waals surface area contributed by atoms with Crippen molar-refractivity contribution in [3.8, 4) is 0 Å². The molecule has 2 rings (SSSR count). The van der Waals surface area contributed by atoms with Crippen LogP contribution in [0.25, 0.3) is 0 Å². The van der Waals surface area contributed by atoms with Gasteiger partial charge in [0.1, 0.15) is 0 Å². The Morgan fingerprint density at radius 1 is 1.35 bits per heavy atom. The van der Waals surface area contributed by atoms with Crippen LogP contribution in [0.3, 0.4) is 0 Å². The molecular weight excluding hydrogens is 340 g/mol. The summed E-state index contributed by atoms with van der Waals surface area (Å²) in [7, 11) is 0. The van der Waals surface area contributed by atoms with Crippen LogP contribution < -0.4 is 10.2 Å². The maximum atomic E-state index is 11.8. The first-order valence-corrected chi connectivity index (χ1v) is 7.94. The third kappa shape index (κ3) is 4.05. The van der Waals surface area contributed by atoms with Crippen molar-refractivity contribution in [3.63, 3.8) is 0 Å². The molecule has 0 saturated heterocycles. The number of hydrogen-bond acceptors (Lipinski definition) is 3. The Kier molecular flexibility index (Phi) is 5.14. The first-order chi connectivity index (χ1) is 9.56. The van der Waals surface area contributed by atoms with E-state index in [0.717, 1.165) is 15.9 Å². The molecule has 0 unspecified atom stereocenters. The molecule has 20 heavy (non-hydrogen) atoms. The summed E-state index contributed by atoms with van der Waals surface area (Å²) >= 11 is 4.54. The lowest BCUT2D eigenvalue weighted by Crippen LogP contribution is -2.17. The van der Waals surface area contributed by atoms with Gasteiger partial charge in [-0.25, -0.2) is 0 Å². The molecule has 0 radical (unpaired) electrons. The summed E-state index contributed by atoms with van der Waals surface area (Å²) in [5, 5.41) is 4.67. The minimum Gasteiger partial charge on any atom is -0.326 e. The van der Waals surface area contributed by atoms with Crippen LogP contribution in [-0.2, 0) is 11.3 Å². The van der Waals surface area contributed by atoms with Crippen molar-refractivity contribution in [3.05, 3.63) is 49.5 Å². The number of nitrogens with zero attached hydrogens (tertiary/aromatic N) is 1. The lowest BCUT2D eigenvalue weighted by molar-refractivity contribution is -0.116. The Morgan fingerprint density at radius 3 is 2.65 bits per heavy atom. The van der Waals surface area contributed by atoms with Gasteiger partial charge in [-0.1, -0.05) is 27.3 Å². The maximum absolute atomic E-state index is 11.8. The van der Waals surface area contributed by atoms with E-state index in [0.29, 0.717) is 19.4 Å². The van der Waals surface area contributed by atoms with Crippen LogP contribution in [-0.4, -0.2) is 10.5 Å². The number of amides is 1. The van der Waals surface area contributed by atoms with Gasteiger partial charge in [-0.3, -0.25) is 9.59 Å². The SMILES string of the molecule is Cc1csc(=O)n1CCCC(=O)Nc1ccc(Br)cc1. The number of thiazole rings is 1. The highest BCUT2D eigenvalue weighted by atomic mass is 79.9. The van der Waals surface area contributed by atoms with Crippen LogP contribution >= 0.6 is 27.3 Å². The van der Waals surface area contributed by atoms with Crippen molar-refractivity contribution in [1.82, 2.24) is 4.57 Å². The zero-order chi connectivity index (χ0) is 14.5. The second-order valence-corrected chi connectivity index (χ2v) is 6.19. The Hall–Kier alpha value is -1.40. The highest BCUT2D eigenvalue weighted by molar-refractivity contribution is 9.10. The zero-order valence-corrected chi connectivity index (χ0v) is 13.5. The van der Waals surface area contributed by atoms with Gasteiger partial charge in [-0.15, -0.1) is 0 Å². The molecule has 0 atom stereocenters. The van der Waals surface area contributed by atoms with E-state index in [-0.39, 0.29) is 10.8 Å². The van der Waals surface area contributed by atoms with Crippen LogP contribution in [0.2, 0.25) is 0 Å². The van der Waals surface area contributed by atoms with Gasteiger partial charge < -0.3 is 9.88 Å². The van der Waals surface area contributed by atoms with Gasteiger partial charge >= 0.3 is 4.87 Å². The van der Waals surface area contributed by atoms with Crippen molar-refractivity contribution in [2.24, 2.45) is 0 Å². The van der Waals surface area contributed by atoms with E-state index in [1.807, 2.05) is 36.6 Å². The van der Waals surface area contributed by atoms with Gasteiger partial charge in [0, 0.05) is 34.2 Å². The number of nitrogens with one attached hydrogen (secondary N) is 1. The Morgan fingerprint density at radius 2 is 2.05 bits per heavy atom. The van der Waals surface area contributed by atoms with Crippen molar-refractivity contribution in [2.75, 3.05) is 5.32 Å². The molecule has 0 aliphatic heterocycles. The second kappa shape index (κ2) is 6.85. The summed E-state index contributed by atoms with van der Waals surface area (Å²) in [6.07, 6.45) is 1.05. The fourth-order valence-electron chi connectivity index (χ4n) is 1.83. The van der Waals surface area contributed by atoms with Crippen molar-refractivity contribution in [2.45, 2.75) is 26.3 Å². The van der Waals surface area contributed by atoms with Crippen LogP contribution in [0.4, 0.5) is 5.69 Å². The molecule has 0 bridgehead atoms. The summed E-state index contributed by atoms with van der Waals surface area (Å²) in [6.45, 7) is 2.49. The molecule has 1 aromatic heterocycles. The number of aryl methyl sites for hydroxylation is 1. The molecule has 0 fully saturated rings. The van der Waals surface area contributed by atoms with Crippen LogP contribution in [0, 0.1) is 6.92 Å². The summed E-state index contributed by atoms with van der Waals surface area (Å²) in [6, 6.07) is 7.44. The van der Waals surface area contributed by atoms with E-state index >= 15 is 0 Å². The largest absolute Gasteiger partial charge is 0.326 e. The fourth-order valence-corrected chi connectivity index (χ4v) is 2.85. The monoisotopic (exact) mass is 354 g/mol. The lowest BCUT2D eigenvalue weighted by Gasteiger charge is -2.06. The molecule has 1 heterocycles. The number of rotatable bonds is 5. The van der Waals surface area contributed by atoms with Gasteiger partial charge in [0.25, 0.3) is 0 Å². The number of halogens is 1. The van der Waals surface area contributed by atoms with Gasteiger partial charge in [-0.05, 0) is 37.6 Å². The highest BCUT2D eigenvalue weighted by Gasteiger charge is 2.05. The molecule has 6 heteroatoms. The van der Waals surface area contributed by atoms with E-state index in [1.165, 1.54) is 11.3 Å². The predicted octanol–water partition coefficient (Wildman–Crippen LogP) is 3.40. The molecule has 1 amide bonds. The van der Waals surface area contributed by atoms with Crippen LogP contribution in [0.15, 0.2) is 38.9 Å². The summed E-state index contributed by atoms with van der Waals surface area (Å²) in [5.74, 6) is -0.0340. The predicted molar refractivity (Wildman–Crippen MR) is 85.3 cm³/mol. The molecule has 4 nitrogen and oxygen atoms in total. The second-order valence-electron chi connectivity index (χ2n) is 4.45. The normalized spacial score (nSPS) is 10.5. The van der Waals surface area contributed by atoms with Crippen LogP contribution in [0.1, 0.15) is 18.5 Å². The lowest BCUT2D eigenvalue weighted by atomic mass is 10.2. The first-order valence-electron chi connectivity index (χ1n) is 6.26. The minimum absolute atomic E-state index is 0.0340. The molecule has 0 spiro atoms. The molecule has 1 aromatic carbocycles. The van der Waals surface area contributed by atoms with E-state index in [4.69, 9.17) is 0 Å². The third-order valence-electron chi connectivity index (χ3n) is 2.89. The topological polar surface area (TPSA) is 51.1 Å². The standard InChI is InChI=1S/C14H15BrN2O2S/c1-10-9-20-14(19)17(10)8-2-3-13(18)16-12-6-4-11(15)5-7-12/h4-7,9H,2-3,8H2,1H3,(H,16,18). The maximum Gasteiger partial charge on any atom is 0.307 e. The van der Waals surface area contributed by atoms with Crippen molar-refractivity contribution in [1.29, 1.82) is 0 Å². The molecule has 2 aromatic rings. The van der Waals surface area contributed by atoms with E-state index in [9.17, 15) is 9.59 Å². The summed E-state index contributed by atoms with van der Waals surface area (Å²) in [4.78, 5) is 23.3. The fraction of sp³-hybridized carbons (Fsp3) is 0.286. The Balaban J connectivity index is 1.81. The van der Waals surface area contributed by atoms with E-state index in [2.05, 4.69) is 21.2 Å². The number of anilines is 1. The summed E-state index contributed by atoms with van der Waals surface area (Å²) < 4.78 is 2.68. The average Bonchev–Trinajstić information content (AvgIpc) is 2.73. The van der Waals surface area contributed by atoms with E-state index in [1.54, 1.807) is 4.57 Å². The number of aromatic nitrogens is 1. The number of carbonyl (C=O) groups is 1. The van der Waals surface area contributed by atoms with Gasteiger partial charge in [-0.2, -0.15) is 0 Å². The zero-order valence-electron chi connectivity index (χ0n) is 11.1. The highest BCUT2D eigenvalue weighted by Crippen LogP contribution is 2.14. The van der Waals surface area contributed by atoms with Crippen molar-refractivity contribution < 1.29 is 4.79 Å². The molecular formula is C14H15BrN2O2S. The van der Waals surface area contributed by atoms with Crippen LogP contribution in [0.5, 0.6) is 0 Å². The average molecular weight is 355 g/mol. The quantitative estimate of drug-likeness (QED) is 0.894. The molecule has 0 aliphatic rings. The van der Waals surface area contributed by atoms with Gasteiger partial charge in [0.05, 0.1) is 0 Å². The number of carbonyl (C=O) groups excluding carboxylic acids is 1. The van der Waals surface area contributed by atoms with E-state index < -0.39 is 0 Å². The number of hydrogen-bond donors (Lipinski definition) is 1. The van der Waals surface area contributed by atoms with Crippen molar-refractivity contribution >= 4 is 38.9 Å². The Bertz CT molecular complexity index is 646. The molecule has 0 aliphatic carbocycles. The smallest absolute Gasteiger partial charge is 0.307 e. The third-order valence-corrected chi connectivity index (χ3v) is 4.30. The molecule has 106 valence electrons. The Labute approximate surface area is 129 Å². The molecule has 0 saturated carbocycles. The minimum atomic E-state index is -0.0340. The summed E-state index contributed by atoms with van der Waals surface area (Å²) in [5.41, 5.74) is 1.73.